The molecule has 0 radical (unpaired) electrons. The van der Waals surface area contributed by atoms with Crippen molar-refractivity contribution in [1.82, 2.24) is 24.6 Å². The van der Waals surface area contributed by atoms with Crippen LogP contribution in [0.4, 0.5) is 0 Å². The Kier molecular flexibility index (Phi) is 6.68. The van der Waals surface area contributed by atoms with Gasteiger partial charge in [-0.15, -0.1) is 0 Å². The molecule has 6 heteroatoms. The number of nitrogens with zero attached hydrogens (tertiary/aromatic N) is 5. The summed E-state index contributed by atoms with van der Waals surface area (Å²) in [5.41, 5.74) is 6.17. The molecular formula is C26H33N5O. The van der Waals surface area contributed by atoms with Gasteiger partial charge in [0.2, 0.25) is 5.91 Å². The van der Waals surface area contributed by atoms with Crippen LogP contribution >= 0.6 is 0 Å². The molecule has 1 amide bonds. The molecular weight excluding hydrogens is 398 g/mol. The Hall–Kier alpha value is -3.02. The number of hydrogen-bond acceptors (Lipinski definition) is 4. The molecule has 0 unspecified atom stereocenters. The van der Waals surface area contributed by atoms with E-state index in [1.54, 1.807) is 0 Å². The van der Waals surface area contributed by atoms with Gasteiger partial charge in [0.25, 0.3) is 0 Å². The van der Waals surface area contributed by atoms with Gasteiger partial charge in [-0.3, -0.25) is 9.78 Å². The standard InChI is InChI=1S/C26H33N5O/c1-18-5-7-22(8-6-18)16-23-15-19(2)27-25(17-23)24-9-12-30(13-10-24)26(32)11-14-31-21(4)28-20(3)29-31/h5-8,15,17,24H,9-14,16H2,1-4H3. The molecule has 32 heavy (non-hydrogen) atoms. The van der Waals surface area contributed by atoms with E-state index in [-0.39, 0.29) is 5.91 Å². The van der Waals surface area contributed by atoms with Gasteiger partial charge in [0.1, 0.15) is 11.6 Å². The third-order valence-electron chi connectivity index (χ3n) is 6.33. The third-order valence-corrected chi connectivity index (χ3v) is 6.33. The van der Waals surface area contributed by atoms with Crippen LogP contribution in [-0.4, -0.2) is 43.6 Å². The topological polar surface area (TPSA) is 63.9 Å². The van der Waals surface area contributed by atoms with E-state index in [9.17, 15) is 4.79 Å². The van der Waals surface area contributed by atoms with Crippen molar-refractivity contribution in [1.29, 1.82) is 0 Å². The molecule has 3 aromatic rings. The molecule has 0 aliphatic carbocycles. The summed E-state index contributed by atoms with van der Waals surface area (Å²) in [6.07, 6.45) is 3.33. The monoisotopic (exact) mass is 431 g/mol. The van der Waals surface area contributed by atoms with Gasteiger partial charge in [-0.2, -0.15) is 5.10 Å². The number of rotatable bonds is 6. The lowest BCUT2D eigenvalue weighted by Crippen LogP contribution is -2.38. The highest BCUT2D eigenvalue weighted by molar-refractivity contribution is 5.76. The van der Waals surface area contributed by atoms with Gasteiger partial charge in [-0.25, -0.2) is 9.67 Å². The fourth-order valence-corrected chi connectivity index (χ4v) is 4.58. The molecule has 2 aromatic heterocycles. The van der Waals surface area contributed by atoms with Gasteiger partial charge in [-0.05, 0) is 70.2 Å². The van der Waals surface area contributed by atoms with Crippen molar-refractivity contribution in [2.24, 2.45) is 0 Å². The zero-order valence-corrected chi connectivity index (χ0v) is 19.6. The van der Waals surface area contributed by atoms with Crippen LogP contribution in [0.3, 0.4) is 0 Å². The first-order valence-corrected chi connectivity index (χ1v) is 11.6. The van der Waals surface area contributed by atoms with Crippen molar-refractivity contribution in [3.05, 3.63) is 76.1 Å². The van der Waals surface area contributed by atoms with Crippen molar-refractivity contribution >= 4 is 5.91 Å². The van der Waals surface area contributed by atoms with E-state index in [2.05, 4.69) is 60.3 Å². The largest absolute Gasteiger partial charge is 0.343 e. The average Bonchev–Trinajstić information content (AvgIpc) is 3.10. The second-order valence-electron chi connectivity index (χ2n) is 9.04. The highest BCUT2D eigenvalue weighted by Gasteiger charge is 2.25. The quantitative estimate of drug-likeness (QED) is 0.584. The number of carbonyl (C=O) groups excluding carboxylic acids is 1. The maximum Gasteiger partial charge on any atom is 0.224 e. The number of benzene rings is 1. The first-order chi connectivity index (χ1) is 15.4. The van der Waals surface area contributed by atoms with Gasteiger partial charge in [-0.1, -0.05) is 29.8 Å². The second kappa shape index (κ2) is 9.63. The number of hydrogen-bond donors (Lipinski definition) is 0. The average molecular weight is 432 g/mol. The molecule has 6 nitrogen and oxygen atoms in total. The minimum atomic E-state index is 0.202. The lowest BCUT2D eigenvalue weighted by atomic mass is 9.91. The normalized spacial score (nSPS) is 14.7. The number of carbonyl (C=O) groups is 1. The maximum atomic E-state index is 12.7. The number of amides is 1. The van der Waals surface area contributed by atoms with E-state index < -0.39 is 0 Å². The summed E-state index contributed by atoms with van der Waals surface area (Å²) in [4.78, 5) is 23.9. The van der Waals surface area contributed by atoms with Gasteiger partial charge in [0.15, 0.2) is 0 Å². The fourth-order valence-electron chi connectivity index (χ4n) is 4.58. The summed E-state index contributed by atoms with van der Waals surface area (Å²) in [6.45, 7) is 10.2. The van der Waals surface area contributed by atoms with E-state index >= 15 is 0 Å². The Morgan fingerprint density at radius 1 is 0.969 bits per heavy atom. The predicted octanol–water partition coefficient (Wildman–Crippen LogP) is 4.29. The Bertz CT molecular complexity index is 1080. The number of piperidine rings is 1. The predicted molar refractivity (Wildman–Crippen MR) is 126 cm³/mol. The van der Waals surface area contributed by atoms with Crippen molar-refractivity contribution in [3.63, 3.8) is 0 Å². The van der Waals surface area contributed by atoms with Gasteiger partial charge in [0.05, 0.1) is 6.54 Å². The molecule has 1 aliphatic rings. The summed E-state index contributed by atoms with van der Waals surface area (Å²) in [5, 5.41) is 4.36. The van der Waals surface area contributed by atoms with E-state index in [0.717, 1.165) is 49.7 Å². The second-order valence-corrected chi connectivity index (χ2v) is 9.04. The summed E-state index contributed by atoms with van der Waals surface area (Å²) in [7, 11) is 0. The van der Waals surface area contributed by atoms with Crippen molar-refractivity contribution < 1.29 is 4.79 Å². The lowest BCUT2D eigenvalue weighted by molar-refractivity contribution is -0.132. The Morgan fingerprint density at radius 3 is 2.34 bits per heavy atom. The van der Waals surface area contributed by atoms with Crippen LogP contribution in [0, 0.1) is 27.7 Å². The van der Waals surface area contributed by atoms with Gasteiger partial charge in [0, 0.05) is 36.8 Å². The van der Waals surface area contributed by atoms with Crippen LogP contribution in [0.5, 0.6) is 0 Å². The fraction of sp³-hybridized carbons (Fsp3) is 0.462. The zero-order chi connectivity index (χ0) is 22.7. The van der Waals surface area contributed by atoms with Gasteiger partial charge >= 0.3 is 0 Å². The number of pyridine rings is 1. The van der Waals surface area contributed by atoms with Crippen LogP contribution in [-0.2, 0) is 17.8 Å². The molecule has 4 rings (SSSR count). The van der Waals surface area contributed by atoms with Crippen molar-refractivity contribution in [3.8, 4) is 0 Å². The molecule has 0 N–H and O–H groups in total. The van der Waals surface area contributed by atoms with E-state index in [1.165, 1.54) is 22.4 Å². The molecule has 0 atom stereocenters. The summed E-state index contributed by atoms with van der Waals surface area (Å²) in [5.74, 6) is 2.23. The van der Waals surface area contributed by atoms with E-state index in [1.807, 2.05) is 23.4 Å². The van der Waals surface area contributed by atoms with E-state index in [0.29, 0.717) is 18.9 Å². The smallest absolute Gasteiger partial charge is 0.224 e. The van der Waals surface area contributed by atoms with Crippen LogP contribution in [0.25, 0.3) is 0 Å². The lowest BCUT2D eigenvalue weighted by Gasteiger charge is -2.32. The maximum absolute atomic E-state index is 12.7. The third kappa shape index (κ3) is 5.42. The molecule has 1 aromatic carbocycles. The number of likely N-dealkylation sites (tertiary alicyclic amines) is 1. The molecule has 168 valence electrons. The molecule has 0 bridgehead atoms. The number of aromatic nitrogens is 4. The first-order valence-electron chi connectivity index (χ1n) is 11.6. The summed E-state index contributed by atoms with van der Waals surface area (Å²) < 4.78 is 1.83. The van der Waals surface area contributed by atoms with Crippen molar-refractivity contribution in [2.75, 3.05) is 13.1 Å². The summed E-state index contributed by atoms with van der Waals surface area (Å²) in [6, 6.07) is 13.2. The Labute approximate surface area is 190 Å². The zero-order valence-electron chi connectivity index (χ0n) is 19.6. The Balaban J connectivity index is 1.34. The van der Waals surface area contributed by atoms with Crippen LogP contribution in [0.2, 0.25) is 0 Å². The Morgan fingerprint density at radius 2 is 1.69 bits per heavy atom. The van der Waals surface area contributed by atoms with E-state index in [4.69, 9.17) is 4.98 Å². The summed E-state index contributed by atoms with van der Waals surface area (Å²) >= 11 is 0. The molecule has 0 spiro atoms. The highest BCUT2D eigenvalue weighted by atomic mass is 16.2. The van der Waals surface area contributed by atoms with Gasteiger partial charge < -0.3 is 4.90 Å². The number of aryl methyl sites for hydroxylation is 5. The van der Waals surface area contributed by atoms with Crippen LogP contribution in [0.1, 0.15) is 64.9 Å². The molecule has 1 aliphatic heterocycles. The minimum absolute atomic E-state index is 0.202. The van der Waals surface area contributed by atoms with Crippen LogP contribution < -0.4 is 0 Å². The SMILES string of the molecule is Cc1ccc(Cc2cc(C)nc(C3CCN(C(=O)CCn4nc(C)nc4C)CC3)c2)cc1. The van der Waals surface area contributed by atoms with Crippen molar-refractivity contribution in [2.45, 2.75) is 65.8 Å². The van der Waals surface area contributed by atoms with Crippen LogP contribution in [0.15, 0.2) is 36.4 Å². The first kappa shape index (κ1) is 22.2. The molecule has 1 fully saturated rings. The highest BCUT2D eigenvalue weighted by Crippen LogP contribution is 2.28. The molecule has 3 heterocycles. The minimum Gasteiger partial charge on any atom is -0.343 e. The molecule has 1 saturated heterocycles. The molecule has 0 saturated carbocycles.